The van der Waals surface area contributed by atoms with E-state index in [1.807, 2.05) is 31.2 Å². The maximum Gasteiger partial charge on any atom is 0.407 e. The molecule has 0 radical (unpaired) electrons. The van der Waals surface area contributed by atoms with E-state index in [0.29, 0.717) is 53.0 Å². The van der Waals surface area contributed by atoms with Gasteiger partial charge in [0.1, 0.15) is 5.75 Å². The number of carbonyl (C=O) groups is 2. The summed E-state index contributed by atoms with van der Waals surface area (Å²) in [5.74, 6) is -2.74. The molecular weight excluding hydrogens is 570 g/mol. The van der Waals surface area contributed by atoms with Crippen LogP contribution >= 0.6 is 0 Å². The van der Waals surface area contributed by atoms with E-state index in [-0.39, 0.29) is 18.9 Å². The maximum absolute atomic E-state index is 13.7. The minimum absolute atomic E-state index is 0.113. The molecule has 44 heavy (non-hydrogen) atoms. The molecule has 2 aliphatic rings. The van der Waals surface area contributed by atoms with E-state index in [0.717, 1.165) is 23.8 Å². The van der Waals surface area contributed by atoms with Crippen LogP contribution in [0.3, 0.4) is 0 Å². The monoisotopic (exact) mass is 602 g/mol. The highest BCUT2D eigenvalue weighted by molar-refractivity contribution is 6.05. The number of amides is 2. The fraction of sp³-hybridized carbons (Fsp3) is 0.344. The van der Waals surface area contributed by atoms with E-state index in [1.54, 1.807) is 36.7 Å². The van der Waals surface area contributed by atoms with E-state index >= 15 is 0 Å². The van der Waals surface area contributed by atoms with Crippen molar-refractivity contribution in [1.82, 2.24) is 19.9 Å². The molecule has 1 aliphatic carbocycles. The molecule has 4 aromatic rings. The zero-order valence-corrected chi connectivity index (χ0v) is 24.1. The second-order valence-corrected chi connectivity index (χ2v) is 11.3. The van der Waals surface area contributed by atoms with Crippen molar-refractivity contribution in [2.45, 2.75) is 51.0 Å². The van der Waals surface area contributed by atoms with Gasteiger partial charge in [0.15, 0.2) is 0 Å². The number of pyridine rings is 1. The van der Waals surface area contributed by atoms with Crippen LogP contribution < -0.4 is 15.4 Å². The Morgan fingerprint density at radius 1 is 1.05 bits per heavy atom. The fourth-order valence-electron chi connectivity index (χ4n) is 5.89. The third-order valence-electron chi connectivity index (χ3n) is 8.17. The molecule has 2 fully saturated rings. The number of rotatable bonds is 7. The summed E-state index contributed by atoms with van der Waals surface area (Å²) in [6, 6.07) is 14.4. The Morgan fingerprint density at radius 3 is 2.70 bits per heavy atom. The Morgan fingerprint density at radius 2 is 1.91 bits per heavy atom. The smallest absolute Gasteiger partial charge is 0.407 e. The van der Waals surface area contributed by atoms with Crippen LogP contribution in [0.5, 0.6) is 11.6 Å². The molecule has 228 valence electrons. The van der Waals surface area contributed by atoms with Crippen molar-refractivity contribution in [2.24, 2.45) is 5.92 Å². The maximum atomic E-state index is 13.7. The third kappa shape index (κ3) is 6.24. The third-order valence-corrected chi connectivity index (χ3v) is 8.17. The Kier molecular flexibility index (Phi) is 7.98. The zero-order valence-electron chi connectivity index (χ0n) is 24.1. The number of nitrogens with one attached hydrogen (secondary N) is 2. The summed E-state index contributed by atoms with van der Waals surface area (Å²) in [6.45, 7) is 2.76. The van der Waals surface area contributed by atoms with Gasteiger partial charge in [-0.2, -0.15) is 0 Å². The highest BCUT2D eigenvalue weighted by Crippen LogP contribution is 2.41. The predicted molar refractivity (Wildman–Crippen MR) is 161 cm³/mol. The molecule has 1 saturated carbocycles. The van der Waals surface area contributed by atoms with Gasteiger partial charge in [0.05, 0.1) is 11.3 Å². The number of fused-ring (bicyclic) bond motifs is 1. The lowest BCUT2D eigenvalue weighted by Gasteiger charge is -2.31. The molecule has 2 amide bonds. The summed E-state index contributed by atoms with van der Waals surface area (Å²) < 4.78 is 33.9. The van der Waals surface area contributed by atoms with Crippen LogP contribution in [0.2, 0.25) is 0 Å². The van der Waals surface area contributed by atoms with E-state index in [2.05, 4.69) is 25.6 Å². The molecule has 1 aliphatic heterocycles. The van der Waals surface area contributed by atoms with Crippen molar-refractivity contribution >= 4 is 34.4 Å². The second-order valence-electron chi connectivity index (χ2n) is 11.3. The van der Waals surface area contributed by atoms with Gasteiger partial charge in [0.2, 0.25) is 23.7 Å². The van der Waals surface area contributed by atoms with Gasteiger partial charge in [-0.1, -0.05) is 24.3 Å². The van der Waals surface area contributed by atoms with Crippen molar-refractivity contribution in [2.75, 3.05) is 23.7 Å². The Bertz CT molecular complexity index is 1720. The number of alkyl halides is 2. The lowest BCUT2D eigenvalue weighted by atomic mass is 10.0. The first kappa shape index (κ1) is 29.2. The van der Waals surface area contributed by atoms with Crippen LogP contribution in [0.1, 0.15) is 37.7 Å². The number of carboxylic acid groups (broad SMARTS) is 1. The number of aryl methyl sites for hydroxylation is 1. The molecule has 0 spiro atoms. The number of hydrogen-bond acceptors (Lipinski definition) is 7. The van der Waals surface area contributed by atoms with Crippen molar-refractivity contribution in [3.63, 3.8) is 0 Å². The topological polar surface area (TPSA) is 130 Å². The number of carbonyl (C=O) groups excluding carboxylic acids is 1. The number of anilines is 2. The largest absolute Gasteiger partial charge is 0.465 e. The number of benzene rings is 2. The van der Waals surface area contributed by atoms with E-state index < -0.39 is 30.3 Å². The van der Waals surface area contributed by atoms with Crippen LogP contribution in [0.4, 0.5) is 25.2 Å². The van der Waals surface area contributed by atoms with Gasteiger partial charge in [0, 0.05) is 66.7 Å². The lowest BCUT2D eigenvalue weighted by Crippen LogP contribution is -2.44. The first-order chi connectivity index (χ1) is 21.2. The van der Waals surface area contributed by atoms with Gasteiger partial charge in [0.25, 0.3) is 0 Å². The molecule has 1 saturated heterocycles. The molecule has 0 bridgehead atoms. The minimum atomic E-state index is -2.81. The standard InChI is InChI=1S/C32H32F2N6O4/c1-19-9-10-22-23(6-2-8-25(22)38-28(41)20-11-13-32(33,34)17-20)27(19)44-29-24(7-3-14-35-29)26-12-15-36-30(39-26)37-21-5-4-16-40(18-21)31(42)43/h2-3,6-10,12,14-15,20-21H,4-5,11,13,16-18H2,1H3,(H,38,41)(H,42,43)(H,36,37,39)/t20-,21-/m0/s1. The molecule has 0 unspecified atom stereocenters. The second kappa shape index (κ2) is 12.0. The summed E-state index contributed by atoms with van der Waals surface area (Å²) >= 11 is 0. The summed E-state index contributed by atoms with van der Waals surface area (Å²) in [4.78, 5) is 39.2. The molecule has 2 aromatic heterocycles. The summed E-state index contributed by atoms with van der Waals surface area (Å²) in [5.41, 5.74) is 2.54. The Balaban J connectivity index is 1.26. The molecule has 3 N–H and O–H groups in total. The van der Waals surface area contributed by atoms with Crippen molar-refractivity contribution < 1.29 is 28.2 Å². The molecular formula is C32H32F2N6O4. The highest BCUT2D eigenvalue weighted by Gasteiger charge is 2.42. The normalized spacial score (nSPS) is 19.5. The number of ether oxygens (including phenoxy) is 1. The Labute approximate surface area is 252 Å². The van der Waals surface area contributed by atoms with Crippen LogP contribution in [-0.4, -0.2) is 62.0 Å². The molecule has 12 heteroatoms. The van der Waals surface area contributed by atoms with Gasteiger partial charge >= 0.3 is 6.09 Å². The van der Waals surface area contributed by atoms with Crippen LogP contribution in [0, 0.1) is 12.8 Å². The van der Waals surface area contributed by atoms with Crippen molar-refractivity contribution in [3.05, 3.63) is 66.5 Å². The van der Waals surface area contributed by atoms with Crippen molar-refractivity contribution in [3.8, 4) is 22.9 Å². The van der Waals surface area contributed by atoms with E-state index in [1.165, 1.54) is 4.90 Å². The molecule has 2 aromatic carbocycles. The number of aromatic nitrogens is 3. The van der Waals surface area contributed by atoms with Crippen LogP contribution in [0.15, 0.2) is 60.9 Å². The van der Waals surface area contributed by atoms with Crippen LogP contribution in [-0.2, 0) is 4.79 Å². The number of piperidine rings is 1. The Hall–Kier alpha value is -4.87. The minimum Gasteiger partial charge on any atom is -0.465 e. The van der Waals surface area contributed by atoms with Gasteiger partial charge in [-0.05, 0) is 56.0 Å². The summed E-state index contributed by atoms with van der Waals surface area (Å²) in [5, 5.41) is 16.9. The molecule has 10 nitrogen and oxygen atoms in total. The van der Waals surface area contributed by atoms with Crippen LogP contribution in [0.25, 0.3) is 22.0 Å². The fourth-order valence-corrected chi connectivity index (χ4v) is 5.89. The van der Waals surface area contributed by atoms with E-state index in [9.17, 15) is 23.5 Å². The number of nitrogens with zero attached hydrogens (tertiary/aromatic N) is 4. The average Bonchev–Trinajstić information content (AvgIpc) is 3.39. The lowest BCUT2D eigenvalue weighted by molar-refractivity contribution is -0.120. The predicted octanol–water partition coefficient (Wildman–Crippen LogP) is 6.72. The quantitative estimate of drug-likeness (QED) is 0.213. The molecule has 2 atom stereocenters. The zero-order chi connectivity index (χ0) is 30.8. The first-order valence-corrected chi connectivity index (χ1v) is 14.6. The molecule has 6 rings (SSSR count). The number of halogens is 2. The summed E-state index contributed by atoms with van der Waals surface area (Å²) in [7, 11) is 0. The van der Waals surface area contributed by atoms with Gasteiger partial charge in [-0.3, -0.25) is 4.79 Å². The van der Waals surface area contributed by atoms with Gasteiger partial charge < -0.3 is 25.4 Å². The van der Waals surface area contributed by atoms with Crippen molar-refractivity contribution in [1.29, 1.82) is 0 Å². The molecule has 3 heterocycles. The average molecular weight is 603 g/mol. The number of likely N-dealkylation sites (tertiary alicyclic amines) is 1. The van der Waals surface area contributed by atoms with Gasteiger partial charge in [-0.25, -0.2) is 28.5 Å². The summed E-state index contributed by atoms with van der Waals surface area (Å²) in [6.07, 6.45) is 3.27. The first-order valence-electron chi connectivity index (χ1n) is 14.6. The van der Waals surface area contributed by atoms with Gasteiger partial charge in [-0.15, -0.1) is 0 Å². The van der Waals surface area contributed by atoms with E-state index in [4.69, 9.17) is 4.74 Å². The SMILES string of the molecule is Cc1ccc2c(NC(=O)[C@H]3CCC(F)(F)C3)cccc2c1Oc1ncccc1-c1ccnc(N[C@H]2CCCN(C(=O)O)C2)n1. The number of hydrogen-bond donors (Lipinski definition) is 3. The highest BCUT2D eigenvalue weighted by atomic mass is 19.3.